The van der Waals surface area contributed by atoms with Crippen LogP contribution in [0, 0.1) is 0 Å². The summed E-state index contributed by atoms with van der Waals surface area (Å²) < 4.78 is 2.08. The van der Waals surface area contributed by atoms with Gasteiger partial charge in [0, 0.05) is 30.1 Å². The zero-order chi connectivity index (χ0) is 13.0. The molecule has 1 aliphatic rings. The van der Waals surface area contributed by atoms with Gasteiger partial charge in [0.05, 0.1) is 5.69 Å². The quantitative estimate of drug-likeness (QED) is 0.858. The lowest BCUT2D eigenvalue weighted by Gasteiger charge is -2.18. The average Bonchev–Trinajstić information content (AvgIpc) is 3.03. The molecule has 1 saturated carbocycles. The van der Waals surface area contributed by atoms with E-state index < -0.39 is 0 Å². The number of hydrogen-bond donors (Lipinski definition) is 1. The van der Waals surface area contributed by atoms with E-state index in [1.165, 1.54) is 25.0 Å². The Morgan fingerprint density at radius 1 is 1.56 bits per heavy atom. The molecule has 4 heteroatoms. The number of rotatable bonds is 6. The minimum absolute atomic E-state index is 0.504. The van der Waals surface area contributed by atoms with Gasteiger partial charge in [0.15, 0.2) is 0 Å². The molecule has 0 aromatic carbocycles. The molecule has 3 atom stereocenters. The van der Waals surface area contributed by atoms with Crippen LogP contribution in [-0.4, -0.2) is 27.3 Å². The van der Waals surface area contributed by atoms with Gasteiger partial charge in [0.25, 0.3) is 0 Å². The fourth-order valence-corrected chi connectivity index (χ4v) is 3.54. The molecule has 1 aromatic heterocycles. The number of hydrogen-bond acceptors (Lipinski definition) is 3. The van der Waals surface area contributed by atoms with E-state index in [9.17, 15) is 0 Å². The molecule has 18 heavy (non-hydrogen) atoms. The predicted molar refractivity (Wildman–Crippen MR) is 79.0 cm³/mol. The van der Waals surface area contributed by atoms with Crippen LogP contribution in [0.5, 0.6) is 0 Å². The molecule has 1 N–H and O–H groups in total. The molecule has 1 aromatic rings. The Kier molecular flexibility index (Phi) is 5.13. The highest BCUT2D eigenvalue weighted by atomic mass is 32.2. The lowest BCUT2D eigenvalue weighted by molar-refractivity contribution is 0.465. The van der Waals surface area contributed by atoms with Gasteiger partial charge in [0.2, 0.25) is 0 Å². The molecule has 0 amide bonds. The molecule has 0 radical (unpaired) electrons. The number of aromatic nitrogens is 2. The lowest BCUT2D eigenvalue weighted by atomic mass is 10.2. The van der Waals surface area contributed by atoms with Crippen molar-refractivity contribution in [2.24, 2.45) is 0 Å². The Morgan fingerprint density at radius 2 is 2.39 bits per heavy atom. The minimum atomic E-state index is 0.504. The second kappa shape index (κ2) is 6.62. The summed E-state index contributed by atoms with van der Waals surface area (Å²) in [6, 6.07) is 3.32. The maximum Gasteiger partial charge on any atom is 0.0762 e. The Bertz CT molecular complexity index is 364. The molecule has 102 valence electrons. The molecule has 3 unspecified atom stereocenters. The molecule has 1 fully saturated rings. The van der Waals surface area contributed by atoms with Crippen molar-refractivity contribution >= 4 is 11.8 Å². The molecule has 1 aliphatic carbocycles. The van der Waals surface area contributed by atoms with Crippen LogP contribution in [0.2, 0.25) is 0 Å². The van der Waals surface area contributed by atoms with Crippen molar-refractivity contribution in [1.29, 1.82) is 0 Å². The summed E-state index contributed by atoms with van der Waals surface area (Å²) in [6.45, 7) is 5.32. The van der Waals surface area contributed by atoms with Crippen LogP contribution in [0.25, 0.3) is 0 Å². The third-order valence-electron chi connectivity index (χ3n) is 4.01. The van der Waals surface area contributed by atoms with Crippen LogP contribution in [0.3, 0.4) is 0 Å². The van der Waals surface area contributed by atoms with E-state index in [4.69, 9.17) is 0 Å². The topological polar surface area (TPSA) is 29.9 Å². The second-order valence-corrected chi connectivity index (χ2v) is 6.31. The first kappa shape index (κ1) is 13.9. The summed E-state index contributed by atoms with van der Waals surface area (Å²) in [5.74, 6) is 0. The van der Waals surface area contributed by atoms with E-state index >= 15 is 0 Å². The van der Waals surface area contributed by atoms with Crippen LogP contribution < -0.4 is 5.32 Å². The number of thioether (sulfide) groups is 1. The van der Waals surface area contributed by atoms with Gasteiger partial charge in [0.1, 0.15) is 0 Å². The van der Waals surface area contributed by atoms with Crippen molar-refractivity contribution in [2.45, 2.75) is 63.4 Å². The highest BCUT2D eigenvalue weighted by Gasteiger charge is 2.25. The van der Waals surface area contributed by atoms with Gasteiger partial charge in [-0.25, -0.2) is 0 Å². The van der Waals surface area contributed by atoms with Gasteiger partial charge in [-0.2, -0.15) is 16.9 Å². The van der Waals surface area contributed by atoms with E-state index in [-0.39, 0.29) is 0 Å². The molecule has 0 spiro atoms. The summed E-state index contributed by atoms with van der Waals surface area (Å²) >= 11 is 2.00. The second-order valence-electron chi connectivity index (χ2n) is 5.24. The Hall–Kier alpha value is -0.480. The highest BCUT2D eigenvalue weighted by molar-refractivity contribution is 7.99. The van der Waals surface area contributed by atoms with Crippen LogP contribution in [0.4, 0.5) is 0 Å². The molecule has 0 saturated heterocycles. The van der Waals surface area contributed by atoms with E-state index in [1.807, 2.05) is 11.8 Å². The third kappa shape index (κ3) is 3.29. The summed E-state index contributed by atoms with van der Waals surface area (Å²) in [6.07, 6.45) is 9.50. The maximum atomic E-state index is 4.64. The van der Waals surface area contributed by atoms with Crippen molar-refractivity contribution in [3.63, 3.8) is 0 Å². The van der Waals surface area contributed by atoms with Gasteiger partial charge in [-0.3, -0.25) is 4.68 Å². The Balaban J connectivity index is 1.84. The van der Waals surface area contributed by atoms with E-state index in [0.29, 0.717) is 12.1 Å². The van der Waals surface area contributed by atoms with Gasteiger partial charge >= 0.3 is 0 Å². The molecule has 2 rings (SSSR count). The summed E-state index contributed by atoms with van der Waals surface area (Å²) in [4.78, 5) is 0. The first-order chi connectivity index (χ1) is 8.74. The van der Waals surface area contributed by atoms with Crippen molar-refractivity contribution in [1.82, 2.24) is 15.1 Å². The van der Waals surface area contributed by atoms with Crippen LogP contribution in [-0.2, 0) is 6.54 Å². The Labute approximate surface area is 115 Å². The molecular formula is C14H25N3S. The summed E-state index contributed by atoms with van der Waals surface area (Å²) in [5.41, 5.74) is 1.17. The largest absolute Gasteiger partial charge is 0.307 e. The monoisotopic (exact) mass is 267 g/mol. The first-order valence-electron chi connectivity index (χ1n) is 7.04. The molecule has 3 nitrogen and oxygen atoms in total. The molecule has 0 aliphatic heterocycles. The summed E-state index contributed by atoms with van der Waals surface area (Å²) in [5, 5.41) is 9.11. The standard InChI is InChI=1S/C14H25N3S/c1-4-11(2)17-9-8-12(16-17)10-15-13-6-5-7-14(13)18-3/h8-9,11,13-15H,4-7,10H2,1-3H3. The van der Waals surface area contributed by atoms with Crippen LogP contribution in [0.1, 0.15) is 51.3 Å². The van der Waals surface area contributed by atoms with Crippen molar-refractivity contribution in [3.05, 3.63) is 18.0 Å². The lowest BCUT2D eigenvalue weighted by Crippen LogP contribution is -2.33. The predicted octanol–water partition coefficient (Wildman–Crippen LogP) is 3.23. The zero-order valence-electron chi connectivity index (χ0n) is 11.7. The zero-order valence-corrected chi connectivity index (χ0v) is 12.5. The van der Waals surface area contributed by atoms with Gasteiger partial charge in [-0.15, -0.1) is 0 Å². The third-order valence-corrected chi connectivity index (χ3v) is 5.18. The summed E-state index contributed by atoms with van der Waals surface area (Å²) in [7, 11) is 0. The van der Waals surface area contributed by atoms with E-state index in [0.717, 1.165) is 18.2 Å². The SMILES string of the molecule is CCC(C)n1ccc(CNC2CCCC2SC)n1. The van der Waals surface area contributed by atoms with Crippen LogP contribution in [0.15, 0.2) is 12.3 Å². The minimum Gasteiger partial charge on any atom is -0.307 e. The average molecular weight is 267 g/mol. The number of nitrogens with zero attached hydrogens (tertiary/aromatic N) is 2. The smallest absolute Gasteiger partial charge is 0.0762 e. The molecular weight excluding hydrogens is 242 g/mol. The van der Waals surface area contributed by atoms with Gasteiger partial charge < -0.3 is 5.32 Å². The molecule has 1 heterocycles. The maximum absolute atomic E-state index is 4.64. The van der Waals surface area contributed by atoms with Crippen molar-refractivity contribution < 1.29 is 0 Å². The van der Waals surface area contributed by atoms with Gasteiger partial charge in [-0.1, -0.05) is 13.3 Å². The van der Waals surface area contributed by atoms with Gasteiger partial charge in [-0.05, 0) is 38.5 Å². The fourth-order valence-electron chi connectivity index (χ4n) is 2.58. The normalized spacial score (nSPS) is 25.5. The highest BCUT2D eigenvalue weighted by Crippen LogP contribution is 2.28. The van der Waals surface area contributed by atoms with E-state index in [1.54, 1.807) is 0 Å². The van der Waals surface area contributed by atoms with Crippen molar-refractivity contribution in [2.75, 3.05) is 6.26 Å². The number of nitrogens with one attached hydrogen (secondary N) is 1. The molecule has 0 bridgehead atoms. The van der Waals surface area contributed by atoms with E-state index in [2.05, 4.69) is 47.5 Å². The fraction of sp³-hybridized carbons (Fsp3) is 0.786. The Morgan fingerprint density at radius 3 is 3.11 bits per heavy atom. The van der Waals surface area contributed by atoms with Crippen molar-refractivity contribution in [3.8, 4) is 0 Å². The van der Waals surface area contributed by atoms with Crippen LogP contribution >= 0.6 is 11.8 Å². The first-order valence-corrected chi connectivity index (χ1v) is 8.33.